The van der Waals surface area contributed by atoms with Gasteiger partial charge in [0.1, 0.15) is 5.03 Å². The molecule has 0 atom stereocenters. The van der Waals surface area contributed by atoms with Crippen molar-refractivity contribution in [1.82, 2.24) is 5.01 Å². The Hall–Kier alpha value is -2.64. The van der Waals surface area contributed by atoms with Crippen LogP contribution in [0.4, 0.5) is 5.69 Å². The predicted octanol–water partition coefficient (Wildman–Crippen LogP) is 3.70. The first-order chi connectivity index (χ1) is 13.4. The number of carbonyl (C=O) groups is 1. The summed E-state index contributed by atoms with van der Waals surface area (Å²) in [6, 6.07) is 16.4. The molecule has 0 radical (unpaired) electrons. The van der Waals surface area contributed by atoms with Crippen LogP contribution < -0.4 is 16.5 Å². The van der Waals surface area contributed by atoms with E-state index in [1.165, 1.54) is 24.5 Å². The summed E-state index contributed by atoms with van der Waals surface area (Å²) in [4.78, 5) is 14.5. The van der Waals surface area contributed by atoms with Gasteiger partial charge in [-0.2, -0.15) is 0 Å². The fraction of sp³-hybridized carbons (Fsp3) is 0.286. The lowest BCUT2D eigenvalue weighted by Crippen LogP contribution is -2.32. The third-order valence-corrected chi connectivity index (χ3v) is 5.23. The first-order valence-electron chi connectivity index (χ1n) is 9.22. The molecule has 0 fully saturated rings. The van der Waals surface area contributed by atoms with E-state index in [1.807, 2.05) is 24.3 Å². The third-order valence-electron chi connectivity index (χ3n) is 4.31. The Morgan fingerprint density at radius 2 is 1.57 bits per heavy atom. The number of carboxylic acid groups (broad SMARTS) is 1. The molecule has 6 nitrogen and oxygen atoms in total. The Bertz CT molecular complexity index is 817. The van der Waals surface area contributed by atoms with Gasteiger partial charge in [-0.3, -0.25) is 0 Å². The Morgan fingerprint density at radius 3 is 2.00 bits per heavy atom. The number of hydrogen-bond acceptors (Lipinski definition) is 6. The standard InChI is InChI=1S/C21H28N4O2S/c1-4-14-25(5-2)17-10-6-15(7-11-17)16-8-12-18(13-9-16)28-20(22)19(21(26)27)24(3)23/h6-13H,4-5,14,22-23H2,1-3H3,(H,26,27)/b20-19+. The number of hydrogen-bond donors (Lipinski definition) is 3. The van der Waals surface area contributed by atoms with Crippen molar-refractivity contribution < 1.29 is 9.90 Å². The number of nitrogens with zero attached hydrogens (tertiary/aromatic N) is 2. The Labute approximate surface area is 170 Å². The van der Waals surface area contributed by atoms with E-state index in [-0.39, 0.29) is 10.7 Å². The minimum Gasteiger partial charge on any atom is -0.476 e. The van der Waals surface area contributed by atoms with Gasteiger partial charge >= 0.3 is 5.97 Å². The highest BCUT2D eigenvalue weighted by atomic mass is 32.2. The van der Waals surface area contributed by atoms with Crippen LogP contribution in [0, 0.1) is 0 Å². The van der Waals surface area contributed by atoms with Crippen LogP contribution >= 0.6 is 11.8 Å². The second-order valence-corrected chi connectivity index (χ2v) is 7.50. The summed E-state index contributed by atoms with van der Waals surface area (Å²) in [5.74, 6) is 4.40. The Balaban J connectivity index is 2.16. The number of benzene rings is 2. The number of likely N-dealkylation sites (N-methyl/N-ethyl adjacent to an activating group) is 1. The molecule has 5 N–H and O–H groups in total. The van der Waals surface area contributed by atoms with Crippen molar-refractivity contribution in [3.63, 3.8) is 0 Å². The number of carboxylic acids is 1. The highest BCUT2D eigenvalue weighted by Crippen LogP contribution is 2.29. The van der Waals surface area contributed by atoms with Gasteiger partial charge in [-0.15, -0.1) is 0 Å². The number of nitrogens with two attached hydrogens (primary N) is 2. The zero-order valence-corrected chi connectivity index (χ0v) is 17.4. The van der Waals surface area contributed by atoms with Crippen LogP contribution in [0.5, 0.6) is 0 Å². The van der Waals surface area contributed by atoms with Gasteiger partial charge in [0.25, 0.3) is 0 Å². The molecule has 28 heavy (non-hydrogen) atoms. The largest absolute Gasteiger partial charge is 0.476 e. The molecule has 2 rings (SSSR count). The van der Waals surface area contributed by atoms with Crippen LogP contribution in [0.1, 0.15) is 20.3 Å². The molecule has 0 unspecified atom stereocenters. The summed E-state index contributed by atoms with van der Waals surface area (Å²) in [5.41, 5.74) is 9.24. The van der Waals surface area contributed by atoms with Gasteiger partial charge in [0.2, 0.25) is 0 Å². The van der Waals surface area contributed by atoms with Gasteiger partial charge in [-0.25, -0.2) is 10.6 Å². The molecule has 0 aromatic heterocycles. The molecule has 0 bridgehead atoms. The molecule has 0 heterocycles. The lowest BCUT2D eigenvalue weighted by atomic mass is 10.1. The van der Waals surface area contributed by atoms with E-state index in [0.29, 0.717) is 0 Å². The monoisotopic (exact) mass is 400 g/mol. The van der Waals surface area contributed by atoms with Crippen molar-refractivity contribution in [3.8, 4) is 11.1 Å². The van der Waals surface area contributed by atoms with Crippen LogP contribution in [-0.2, 0) is 4.79 Å². The lowest BCUT2D eigenvalue weighted by Gasteiger charge is -2.22. The fourth-order valence-corrected chi connectivity index (χ4v) is 3.78. The quantitative estimate of drug-likeness (QED) is 0.256. The number of anilines is 1. The fourth-order valence-electron chi connectivity index (χ4n) is 2.93. The molecule has 2 aromatic carbocycles. The van der Waals surface area contributed by atoms with Gasteiger partial charge in [0, 0.05) is 30.7 Å². The predicted molar refractivity (Wildman–Crippen MR) is 117 cm³/mol. The van der Waals surface area contributed by atoms with Crippen molar-refractivity contribution in [2.24, 2.45) is 11.6 Å². The average molecular weight is 401 g/mol. The maximum Gasteiger partial charge on any atom is 0.356 e. The number of rotatable bonds is 9. The summed E-state index contributed by atoms with van der Waals surface area (Å²) < 4.78 is 0. The van der Waals surface area contributed by atoms with Crippen molar-refractivity contribution in [3.05, 3.63) is 59.3 Å². The number of thioether (sulfide) groups is 1. The van der Waals surface area contributed by atoms with E-state index in [0.717, 1.165) is 40.5 Å². The van der Waals surface area contributed by atoms with Gasteiger partial charge in [0.15, 0.2) is 5.70 Å². The van der Waals surface area contributed by atoms with Crippen LogP contribution in [0.15, 0.2) is 64.2 Å². The second kappa shape index (κ2) is 10.1. The third kappa shape index (κ3) is 5.43. The molecule has 0 saturated carbocycles. The maximum atomic E-state index is 11.3. The van der Waals surface area contributed by atoms with E-state index in [1.54, 1.807) is 0 Å². The highest BCUT2D eigenvalue weighted by Gasteiger charge is 2.16. The minimum absolute atomic E-state index is 0.128. The van der Waals surface area contributed by atoms with Crippen molar-refractivity contribution in [2.45, 2.75) is 25.2 Å². The molecule has 0 aliphatic carbocycles. The summed E-state index contributed by atoms with van der Waals surface area (Å²) in [6.07, 6.45) is 1.12. The van der Waals surface area contributed by atoms with E-state index < -0.39 is 5.97 Å². The molecular formula is C21H28N4O2S. The zero-order valence-electron chi connectivity index (χ0n) is 16.6. The van der Waals surface area contributed by atoms with Gasteiger partial charge in [0.05, 0.1) is 0 Å². The van der Waals surface area contributed by atoms with Gasteiger partial charge < -0.3 is 20.7 Å². The normalized spacial score (nSPS) is 11.7. The SMILES string of the molecule is CCCN(CC)c1ccc(-c2ccc(S/C(N)=C(\C(=O)O)N(C)N)cc2)cc1. The number of hydrazine groups is 1. The first-order valence-corrected chi connectivity index (χ1v) is 10.0. The van der Waals surface area contributed by atoms with Crippen molar-refractivity contribution in [1.29, 1.82) is 0 Å². The lowest BCUT2D eigenvalue weighted by molar-refractivity contribution is -0.134. The van der Waals surface area contributed by atoms with Crippen molar-refractivity contribution >= 4 is 23.4 Å². The van der Waals surface area contributed by atoms with E-state index in [4.69, 9.17) is 11.6 Å². The molecule has 0 aliphatic heterocycles. The molecular weight excluding hydrogens is 372 g/mol. The summed E-state index contributed by atoms with van der Waals surface area (Å²) in [7, 11) is 1.45. The van der Waals surface area contributed by atoms with E-state index in [2.05, 4.69) is 43.0 Å². The minimum atomic E-state index is -1.16. The topological polar surface area (TPSA) is 95.8 Å². The number of aliphatic carboxylic acids is 1. The maximum absolute atomic E-state index is 11.3. The van der Waals surface area contributed by atoms with E-state index in [9.17, 15) is 9.90 Å². The molecule has 0 aliphatic rings. The molecule has 0 amide bonds. The molecule has 0 spiro atoms. The molecule has 150 valence electrons. The van der Waals surface area contributed by atoms with Crippen LogP contribution in [0.2, 0.25) is 0 Å². The van der Waals surface area contributed by atoms with Crippen molar-refractivity contribution in [2.75, 3.05) is 25.0 Å². The van der Waals surface area contributed by atoms with Crippen LogP contribution in [0.3, 0.4) is 0 Å². The van der Waals surface area contributed by atoms with Gasteiger partial charge in [-0.05, 0) is 48.7 Å². The molecule has 7 heteroatoms. The molecule has 2 aromatic rings. The molecule has 0 saturated heterocycles. The van der Waals surface area contributed by atoms with Crippen LogP contribution in [-0.4, -0.2) is 36.2 Å². The second-order valence-electron chi connectivity index (χ2n) is 6.38. The Kier molecular flexibility index (Phi) is 7.78. The zero-order chi connectivity index (χ0) is 20.7. The summed E-state index contributed by atoms with van der Waals surface area (Å²) in [6.45, 7) is 6.39. The first kappa shape index (κ1) is 21.7. The smallest absolute Gasteiger partial charge is 0.356 e. The van der Waals surface area contributed by atoms with Crippen LogP contribution in [0.25, 0.3) is 11.1 Å². The van der Waals surface area contributed by atoms with E-state index >= 15 is 0 Å². The summed E-state index contributed by atoms with van der Waals surface area (Å²) in [5, 5.41) is 10.4. The highest BCUT2D eigenvalue weighted by molar-refractivity contribution is 8.03. The Morgan fingerprint density at radius 1 is 1.04 bits per heavy atom. The summed E-state index contributed by atoms with van der Waals surface area (Å²) >= 11 is 1.18. The average Bonchev–Trinajstić information content (AvgIpc) is 2.66. The van der Waals surface area contributed by atoms with Gasteiger partial charge in [-0.1, -0.05) is 43.0 Å².